The molecule has 0 bridgehead atoms. The number of hydrogen-bond donors (Lipinski definition) is 2. The van der Waals surface area contributed by atoms with Gasteiger partial charge in [-0.05, 0) is 12.8 Å². The number of carboxylic acids is 1. The molecule has 0 unspecified atom stereocenters. The molecule has 0 spiro atoms. The van der Waals surface area contributed by atoms with Gasteiger partial charge in [0.2, 0.25) is 0 Å². The average Bonchev–Trinajstić information content (AvgIpc) is 2.58. The molecule has 1 aliphatic rings. The molecule has 2 rings (SSSR count). The Morgan fingerprint density at radius 2 is 2.19 bits per heavy atom. The standard InChI is InChI=1S/C9H9F3N2O2/c10-9(11,12)7-5-2-1-4(8(15)16)3-6(5)13-14-7/h4H,1-3H2,(H,13,14)(H,15,16)/t4-/m0/s1. The molecule has 4 nitrogen and oxygen atoms in total. The third-order valence-corrected chi connectivity index (χ3v) is 2.76. The molecule has 0 aromatic carbocycles. The number of carboxylic acid groups (broad SMARTS) is 1. The topological polar surface area (TPSA) is 66.0 Å². The summed E-state index contributed by atoms with van der Waals surface area (Å²) in [5, 5.41) is 14.3. The van der Waals surface area contributed by atoms with Crippen molar-refractivity contribution in [3.05, 3.63) is 17.0 Å². The van der Waals surface area contributed by atoms with E-state index in [0.717, 1.165) is 0 Å². The zero-order valence-electron chi connectivity index (χ0n) is 8.14. The third kappa shape index (κ3) is 1.77. The van der Waals surface area contributed by atoms with E-state index >= 15 is 0 Å². The predicted molar refractivity (Wildman–Crippen MR) is 46.7 cm³/mol. The Labute approximate surface area is 88.5 Å². The summed E-state index contributed by atoms with van der Waals surface area (Å²) in [6.45, 7) is 0. The number of hydrogen-bond acceptors (Lipinski definition) is 2. The smallest absolute Gasteiger partial charge is 0.435 e. The van der Waals surface area contributed by atoms with Crippen molar-refractivity contribution < 1.29 is 23.1 Å². The summed E-state index contributed by atoms with van der Waals surface area (Å²) in [6, 6.07) is 0. The number of halogens is 3. The summed E-state index contributed by atoms with van der Waals surface area (Å²) in [5.74, 6) is -1.59. The van der Waals surface area contributed by atoms with E-state index in [4.69, 9.17) is 5.11 Å². The SMILES string of the molecule is O=C(O)[C@H]1CCc2c(C(F)(F)F)n[nH]c2C1. The van der Waals surface area contributed by atoms with Crippen LogP contribution in [0, 0.1) is 5.92 Å². The molecule has 0 saturated heterocycles. The van der Waals surface area contributed by atoms with Crippen LogP contribution >= 0.6 is 0 Å². The van der Waals surface area contributed by atoms with E-state index in [0.29, 0.717) is 5.69 Å². The van der Waals surface area contributed by atoms with Crippen molar-refractivity contribution >= 4 is 5.97 Å². The molecular formula is C9H9F3N2O2. The molecule has 1 aromatic rings. The second-order valence-electron chi connectivity index (χ2n) is 3.81. The summed E-state index contributed by atoms with van der Waals surface area (Å²) in [5.41, 5.74) is -0.498. The minimum absolute atomic E-state index is 0.0910. The second-order valence-corrected chi connectivity index (χ2v) is 3.81. The van der Waals surface area contributed by atoms with E-state index in [1.165, 1.54) is 0 Å². The first-order valence-electron chi connectivity index (χ1n) is 4.75. The molecule has 0 radical (unpaired) electrons. The molecule has 0 aliphatic heterocycles. The van der Waals surface area contributed by atoms with Crippen LogP contribution in [-0.4, -0.2) is 21.3 Å². The maximum atomic E-state index is 12.5. The quantitative estimate of drug-likeness (QED) is 0.775. The molecule has 1 heterocycles. The van der Waals surface area contributed by atoms with Crippen LogP contribution < -0.4 is 0 Å². The third-order valence-electron chi connectivity index (χ3n) is 2.76. The van der Waals surface area contributed by atoms with Gasteiger partial charge in [-0.2, -0.15) is 18.3 Å². The number of carbonyl (C=O) groups is 1. The van der Waals surface area contributed by atoms with E-state index < -0.39 is 23.8 Å². The fraction of sp³-hybridized carbons (Fsp3) is 0.556. The van der Waals surface area contributed by atoms with Gasteiger partial charge in [0.1, 0.15) is 0 Å². The number of nitrogens with zero attached hydrogens (tertiary/aromatic N) is 1. The summed E-state index contributed by atoms with van der Waals surface area (Å²) >= 11 is 0. The van der Waals surface area contributed by atoms with Gasteiger partial charge in [0.05, 0.1) is 5.92 Å². The van der Waals surface area contributed by atoms with E-state index in [1.54, 1.807) is 0 Å². The number of nitrogens with one attached hydrogen (secondary N) is 1. The van der Waals surface area contributed by atoms with Gasteiger partial charge in [-0.1, -0.05) is 0 Å². The van der Waals surface area contributed by atoms with Crippen molar-refractivity contribution in [2.24, 2.45) is 5.92 Å². The zero-order chi connectivity index (χ0) is 11.9. The monoisotopic (exact) mass is 234 g/mol. The molecule has 1 aliphatic carbocycles. The number of H-pyrrole nitrogens is 1. The number of aliphatic carboxylic acids is 1. The highest BCUT2D eigenvalue weighted by Gasteiger charge is 2.39. The first-order chi connectivity index (χ1) is 7.39. The molecule has 0 saturated carbocycles. The van der Waals surface area contributed by atoms with Crippen molar-refractivity contribution in [3.8, 4) is 0 Å². The van der Waals surface area contributed by atoms with Crippen LogP contribution in [0.3, 0.4) is 0 Å². The van der Waals surface area contributed by atoms with Crippen LogP contribution in [-0.2, 0) is 23.8 Å². The summed E-state index contributed by atoms with van der Waals surface area (Å²) in [6.07, 6.45) is -4.05. The highest BCUT2D eigenvalue weighted by molar-refractivity contribution is 5.70. The fourth-order valence-corrected chi connectivity index (χ4v) is 1.95. The lowest BCUT2D eigenvalue weighted by Gasteiger charge is -2.18. The highest BCUT2D eigenvalue weighted by Crippen LogP contribution is 2.35. The lowest BCUT2D eigenvalue weighted by Crippen LogP contribution is -2.23. The number of rotatable bonds is 1. The van der Waals surface area contributed by atoms with Crippen molar-refractivity contribution in [1.82, 2.24) is 10.2 Å². The van der Waals surface area contributed by atoms with E-state index in [1.807, 2.05) is 0 Å². The highest BCUT2D eigenvalue weighted by atomic mass is 19.4. The molecule has 16 heavy (non-hydrogen) atoms. The summed E-state index contributed by atoms with van der Waals surface area (Å²) < 4.78 is 37.4. The molecule has 0 fully saturated rings. The molecule has 7 heteroatoms. The molecule has 88 valence electrons. The summed E-state index contributed by atoms with van der Waals surface area (Å²) in [7, 11) is 0. The Balaban J connectivity index is 2.31. The summed E-state index contributed by atoms with van der Waals surface area (Å²) in [4.78, 5) is 10.7. The van der Waals surface area contributed by atoms with Crippen molar-refractivity contribution in [2.45, 2.75) is 25.4 Å². The minimum atomic E-state index is -4.47. The van der Waals surface area contributed by atoms with Crippen LogP contribution in [0.2, 0.25) is 0 Å². The molecule has 1 aromatic heterocycles. The zero-order valence-corrected chi connectivity index (χ0v) is 8.14. The van der Waals surface area contributed by atoms with Crippen LogP contribution in [0.5, 0.6) is 0 Å². The number of aromatic nitrogens is 2. The van der Waals surface area contributed by atoms with Crippen LogP contribution in [0.4, 0.5) is 13.2 Å². The lowest BCUT2D eigenvalue weighted by atomic mass is 9.87. The average molecular weight is 234 g/mol. The van der Waals surface area contributed by atoms with Gasteiger partial charge >= 0.3 is 12.1 Å². The normalized spacial score (nSPS) is 20.6. The largest absolute Gasteiger partial charge is 0.481 e. The van der Waals surface area contributed by atoms with Crippen molar-refractivity contribution in [2.75, 3.05) is 0 Å². The first kappa shape index (κ1) is 11.0. The van der Waals surface area contributed by atoms with E-state index in [-0.39, 0.29) is 24.8 Å². The second kappa shape index (κ2) is 3.50. The minimum Gasteiger partial charge on any atom is -0.481 e. The fourth-order valence-electron chi connectivity index (χ4n) is 1.95. The van der Waals surface area contributed by atoms with E-state index in [2.05, 4.69) is 10.2 Å². The van der Waals surface area contributed by atoms with Gasteiger partial charge in [-0.15, -0.1) is 0 Å². The Morgan fingerprint density at radius 3 is 2.75 bits per heavy atom. The number of aromatic amines is 1. The number of alkyl halides is 3. The van der Waals surface area contributed by atoms with Crippen LogP contribution in [0.25, 0.3) is 0 Å². The lowest BCUT2D eigenvalue weighted by molar-refractivity contribution is -0.142. The Hall–Kier alpha value is -1.53. The Kier molecular flexibility index (Phi) is 2.40. The van der Waals surface area contributed by atoms with Crippen LogP contribution in [0.1, 0.15) is 23.4 Å². The van der Waals surface area contributed by atoms with Gasteiger partial charge in [0, 0.05) is 17.7 Å². The van der Waals surface area contributed by atoms with Crippen molar-refractivity contribution in [3.63, 3.8) is 0 Å². The van der Waals surface area contributed by atoms with Gasteiger partial charge in [-0.25, -0.2) is 0 Å². The van der Waals surface area contributed by atoms with Crippen LogP contribution in [0.15, 0.2) is 0 Å². The molecule has 1 atom stereocenters. The van der Waals surface area contributed by atoms with E-state index in [9.17, 15) is 18.0 Å². The van der Waals surface area contributed by atoms with Gasteiger partial charge < -0.3 is 5.11 Å². The Morgan fingerprint density at radius 1 is 1.50 bits per heavy atom. The van der Waals surface area contributed by atoms with Crippen molar-refractivity contribution in [1.29, 1.82) is 0 Å². The molecule has 0 amide bonds. The van der Waals surface area contributed by atoms with Gasteiger partial charge in [0.25, 0.3) is 0 Å². The first-order valence-corrected chi connectivity index (χ1v) is 4.75. The molecule has 2 N–H and O–H groups in total. The maximum Gasteiger partial charge on any atom is 0.435 e. The number of fused-ring (bicyclic) bond motifs is 1. The maximum absolute atomic E-state index is 12.5. The molecular weight excluding hydrogens is 225 g/mol. The predicted octanol–water partition coefficient (Wildman–Crippen LogP) is 1.62. The van der Waals surface area contributed by atoms with Gasteiger partial charge in [0.15, 0.2) is 5.69 Å². The Bertz CT molecular complexity index is 425. The van der Waals surface area contributed by atoms with Gasteiger partial charge in [-0.3, -0.25) is 9.89 Å².